The average molecular weight is 214 g/mol. The molecule has 1 atom stereocenters. The Morgan fingerprint density at radius 3 is 2.73 bits per heavy atom. The van der Waals surface area contributed by atoms with Crippen molar-refractivity contribution in [2.75, 3.05) is 33.3 Å². The molecule has 1 aliphatic rings. The van der Waals surface area contributed by atoms with Crippen LogP contribution in [0.15, 0.2) is 0 Å². The van der Waals surface area contributed by atoms with E-state index < -0.39 is 0 Å². The molecule has 1 saturated heterocycles. The Balaban J connectivity index is 2.30. The van der Waals surface area contributed by atoms with Gasteiger partial charge in [-0.2, -0.15) is 0 Å². The van der Waals surface area contributed by atoms with Crippen molar-refractivity contribution >= 4 is 5.91 Å². The minimum atomic E-state index is 0.127. The Labute approximate surface area is 91.9 Å². The van der Waals surface area contributed by atoms with Crippen LogP contribution >= 0.6 is 0 Å². The summed E-state index contributed by atoms with van der Waals surface area (Å²) in [6.07, 6.45) is 0.516. The van der Waals surface area contributed by atoms with Crippen molar-refractivity contribution in [1.29, 1.82) is 0 Å². The average Bonchev–Trinajstić information content (AvgIpc) is 2.55. The van der Waals surface area contributed by atoms with E-state index in [-0.39, 0.29) is 18.4 Å². The summed E-state index contributed by atoms with van der Waals surface area (Å²) in [5.74, 6) is 0.341. The first-order valence-electron chi connectivity index (χ1n) is 5.63. The van der Waals surface area contributed by atoms with Crippen LogP contribution in [0.2, 0.25) is 0 Å². The van der Waals surface area contributed by atoms with Gasteiger partial charge in [0.2, 0.25) is 5.91 Å². The minimum absolute atomic E-state index is 0.127. The van der Waals surface area contributed by atoms with Crippen molar-refractivity contribution < 1.29 is 9.90 Å². The molecule has 1 rings (SSSR count). The summed E-state index contributed by atoms with van der Waals surface area (Å²) in [6, 6.07) is 0.511. The van der Waals surface area contributed by atoms with E-state index in [9.17, 15) is 4.79 Å². The Morgan fingerprint density at radius 2 is 2.27 bits per heavy atom. The number of aliphatic hydroxyl groups is 1. The SMILES string of the molecule is CC(C)N(C)CCN1CC(CO)CC1=O. The van der Waals surface area contributed by atoms with Crippen molar-refractivity contribution in [3.63, 3.8) is 0 Å². The number of likely N-dealkylation sites (N-methyl/N-ethyl adjacent to an activating group) is 1. The van der Waals surface area contributed by atoms with Gasteiger partial charge in [-0.05, 0) is 20.9 Å². The van der Waals surface area contributed by atoms with Gasteiger partial charge in [0.1, 0.15) is 0 Å². The van der Waals surface area contributed by atoms with Crippen LogP contribution in [0.5, 0.6) is 0 Å². The highest BCUT2D eigenvalue weighted by Gasteiger charge is 2.28. The van der Waals surface area contributed by atoms with Crippen LogP contribution in [-0.2, 0) is 4.79 Å². The monoisotopic (exact) mass is 214 g/mol. The van der Waals surface area contributed by atoms with Gasteiger partial charge in [-0.3, -0.25) is 4.79 Å². The largest absolute Gasteiger partial charge is 0.396 e. The third-order valence-electron chi connectivity index (χ3n) is 3.16. The number of hydrogen-bond donors (Lipinski definition) is 1. The maximum Gasteiger partial charge on any atom is 0.223 e. The second-order valence-corrected chi connectivity index (χ2v) is 4.67. The van der Waals surface area contributed by atoms with Crippen LogP contribution in [0.25, 0.3) is 0 Å². The molecule has 1 fully saturated rings. The number of hydrogen-bond acceptors (Lipinski definition) is 3. The Hall–Kier alpha value is -0.610. The first kappa shape index (κ1) is 12.5. The van der Waals surface area contributed by atoms with Gasteiger partial charge >= 0.3 is 0 Å². The second-order valence-electron chi connectivity index (χ2n) is 4.67. The first-order chi connectivity index (χ1) is 7.04. The molecule has 4 heteroatoms. The fraction of sp³-hybridized carbons (Fsp3) is 0.909. The molecule has 1 aliphatic heterocycles. The number of rotatable bonds is 5. The fourth-order valence-electron chi connectivity index (χ4n) is 1.73. The predicted octanol–water partition coefficient (Wildman–Crippen LogP) is 0.167. The highest BCUT2D eigenvalue weighted by atomic mass is 16.3. The first-order valence-corrected chi connectivity index (χ1v) is 5.63. The van der Waals surface area contributed by atoms with E-state index in [4.69, 9.17) is 5.11 Å². The Morgan fingerprint density at radius 1 is 1.60 bits per heavy atom. The quantitative estimate of drug-likeness (QED) is 0.709. The van der Waals surface area contributed by atoms with Gasteiger partial charge in [-0.25, -0.2) is 0 Å². The second kappa shape index (κ2) is 5.47. The lowest BCUT2D eigenvalue weighted by molar-refractivity contribution is -0.127. The maximum absolute atomic E-state index is 11.5. The van der Waals surface area contributed by atoms with E-state index in [1.54, 1.807) is 0 Å². The van der Waals surface area contributed by atoms with E-state index in [0.29, 0.717) is 12.5 Å². The molecule has 88 valence electrons. The molecular weight excluding hydrogens is 192 g/mol. The third-order valence-corrected chi connectivity index (χ3v) is 3.16. The molecule has 0 saturated carbocycles. The molecule has 0 aromatic rings. The number of aliphatic hydroxyl groups excluding tert-OH is 1. The summed E-state index contributed by atoms with van der Waals surface area (Å²) in [7, 11) is 2.06. The molecule has 0 bridgehead atoms. The zero-order valence-electron chi connectivity index (χ0n) is 9.94. The molecule has 1 N–H and O–H groups in total. The molecule has 4 nitrogen and oxygen atoms in total. The summed E-state index contributed by atoms with van der Waals surface area (Å²) in [4.78, 5) is 15.6. The number of likely N-dealkylation sites (tertiary alicyclic amines) is 1. The third kappa shape index (κ3) is 3.47. The van der Waals surface area contributed by atoms with Gasteiger partial charge < -0.3 is 14.9 Å². The van der Waals surface area contributed by atoms with E-state index in [1.165, 1.54) is 0 Å². The predicted molar refractivity (Wildman–Crippen MR) is 59.5 cm³/mol. The Bertz CT molecular complexity index is 219. The zero-order chi connectivity index (χ0) is 11.4. The molecule has 1 amide bonds. The van der Waals surface area contributed by atoms with E-state index in [0.717, 1.165) is 19.6 Å². The molecule has 15 heavy (non-hydrogen) atoms. The summed E-state index contributed by atoms with van der Waals surface area (Å²) in [5.41, 5.74) is 0. The van der Waals surface area contributed by atoms with E-state index in [2.05, 4.69) is 25.8 Å². The van der Waals surface area contributed by atoms with Crippen LogP contribution in [0.4, 0.5) is 0 Å². The van der Waals surface area contributed by atoms with Crippen molar-refractivity contribution in [2.45, 2.75) is 26.3 Å². The molecular formula is C11H22N2O2. The molecule has 1 heterocycles. The van der Waals surface area contributed by atoms with Gasteiger partial charge in [0.15, 0.2) is 0 Å². The lowest BCUT2D eigenvalue weighted by Gasteiger charge is -2.24. The molecule has 0 aliphatic carbocycles. The van der Waals surface area contributed by atoms with Crippen LogP contribution in [0.3, 0.4) is 0 Å². The number of carbonyl (C=O) groups excluding carboxylic acids is 1. The normalized spacial score (nSPS) is 22.1. The smallest absolute Gasteiger partial charge is 0.223 e. The fourth-order valence-corrected chi connectivity index (χ4v) is 1.73. The van der Waals surface area contributed by atoms with Gasteiger partial charge in [-0.15, -0.1) is 0 Å². The lowest BCUT2D eigenvalue weighted by atomic mass is 10.1. The van der Waals surface area contributed by atoms with Crippen molar-refractivity contribution in [2.24, 2.45) is 5.92 Å². The molecule has 0 spiro atoms. The summed E-state index contributed by atoms with van der Waals surface area (Å²) in [5, 5.41) is 8.98. The van der Waals surface area contributed by atoms with Crippen molar-refractivity contribution in [3.8, 4) is 0 Å². The van der Waals surface area contributed by atoms with Gasteiger partial charge in [0.05, 0.1) is 0 Å². The van der Waals surface area contributed by atoms with Crippen LogP contribution < -0.4 is 0 Å². The van der Waals surface area contributed by atoms with E-state index >= 15 is 0 Å². The summed E-state index contributed by atoms with van der Waals surface area (Å²) < 4.78 is 0. The highest BCUT2D eigenvalue weighted by Crippen LogP contribution is 2.16. The zero-order valence-corrected chi connectivity index (χ0v) is 9.94. The van der Waals surface area contributed by atoms with Crippen molar-refractivity contribution in [3.05, 3.63) is 0 Å². The van der Waals surface area contributed by atoms with Crippen LogP contribution in [0.1, 0.15) is 20.3 Å². The topological polar surface area (TPSA) is 43.8 Å². The standard InChI is InChI=1S/C11H22N2O2/c1-9(2)12(3)4-5-13-7-10(8-14)6-11(13)15/h9-10,14H,4-8H2,1-3H3. The van der Waals surface area contributed by atoms with E-state index in [1.807, 2.05) is 4.90 Å². The lowest BCUT2D eigenvalue weighted by Crippen LogP contribution is -2.37. The molecule has 0 aromatic carbocycles. The van der Waals surface area contributed by atoms with Gasteiger partial charge in [-0.1, -0.05) is 0 Å². The summed E-state index contributed by atoms with van der Waals surface area (Å²) >= 11 is 0. The van der Waals surface area contributed by atoms with Crippen LogP contribution in [0, 0.1) is 5.92 Å². The minimum Gasteiger partial charge on any atom is -0.396 e. The summed E-state index contributed by atoms with van der Waals surface area (Å²) in [6.45, 7) is 6.82. The molecule has 0 radical (unpaired) electrons. The number of amides is 1. The van der Waals surface area contributed by atoms with Gasteiger partial charge in [0.25, 0.3) is 0 Å². The van der Waals surface area contributed by atoms with Gasteiger partial charge in [0, 0.05) is 44.6 Å². The van der Waals surface area contributed by atoms with Crippen LogP contribution in [-0.4, -0.2) is 60.1 Å². The molecule has 0 aromatic heterocycles. The number of nitrogens with zero attached hydrogens (tertiary/aromatic N) is 2. The highest BCUT2D eigenvalue weighted by molar-refractivity contribution is 5.78. The Kier molecular flexibility index (Phi) is 4.54. The molecule has 1 unspecified atom stereocenters. The maximum atomic E-state index is 11.5. The number of carbonyl (C=O) groups is 1. The van der Waals surface area contributed by atoms with Crippen molar-refractivity contribution in [1.82, 2.24) is 9.80 Å².